The monoisotopic (exact) mass is 367 g/mol. The molecule has 7 nitrogen and oxygen atoms in total. The number of hydrogen-bond donors (Lipinski definition) is 1. The fourth-order valence-corrected chi connectivity index (χ4v) is 4.14. The average Bonchev–Trinajstić information content (AvgIpc) is 2.59. The normalized spacial score (nSPS) is 22.4. The van der Waals surface area contributed by atoms with Gasteiger partial charge in [-0.05, 0) is 17.5 Å². The van der Waals surface area contributed by atoms with Gasteiger partial charge in [-0.25, -0.2) is 8.42 Å². The molecule has 1 N–H and O–H groups in total. The lowest BCUT2D eigenvalue weighted by Crippen LogP contribution is -2.50. The van der Waals surface area contributed by atoms with Gasteiger partial charge in [0.2, 0.25) is 15.9 Å². The van der Waals surface area contributed by atoms with Crippen LogP contribution in [0.5, 0.6) is 0 Å². The highest BCUT2D eigenvalue weighted by Crippen LogP contribution is 2.17. The molecule has 8 heteroatoms. The van der Waals surface area contributed by atoms with E-state index in [0.29, 0.717) is 26.2 Å². The molecule has 0 aromatic heterocycles. The first-order chi connectivity index (χ1) is 11.9. The first-order valence-electron chi connectivity index (χ1n) is 8.54. The van der Waals surface area contributed by atoms with Crippen molar-refractivity contribution in [2.24, 2.45) is 0 Å². The van der Waals surface area contributed by atoms with Crippen LogP contribution in [0.25, 0.3) is 0 Å². The van der Waals surface area contributed by atoms with Crippen LogP contribution in [0.2, 0.25) is 0 Å². The summed E-state index contributed by atoms with van der Waals surface area (Å²) < 4.78 is 30.2. The van der Waals surface area contributed by atoms with Gasteiger partial charge in [0.1, 0.15) is 0 Å². The third kappa shape index (κ3) is 5.01. The minimum atomic E-state index is -3.22. The Morgan fingerprint density at radius 1 is 1.28 bits per heavy atom. The fraction of sp³-hybridized carbons (Fsp3) is 0.588. The molecule has 1 amide bonds. The van der Waals surface area contributed by atoms with E-state index in [1.54, 1.807) is 0 Å². The highest BCUT2D eigenvalue weighted by Gasteiger charge is 2.27. The molecule has 2 aliphatic heterocycles. The highest BCUT2D eigenvalue weighted by molar-refractivity contribution is 7.88. The summed E-state index contributed by atoms with van der Waals surface area (Å²) in [7, 11) is -3.22. The number of amides is 1. The Morgan fingerprint density at radius 3 is 2.80 bits per heavy atom. The van der Waals surface area contributed by atoms with Crippen molar-refractivity contribution < 1.29 is 17.9 Å². The number of sulfonamides is 1. The van der Waals surface area contributed by atoms with Crippen LogP contribution in [0.1, 0.15) is 11.1 Å². The highest BCUT2D eigenvalue weighted by atomic mass is 32.2. The van der Waals surface area contributed by atoms with Crippen LogP contribution < -0.4 is 5.32 Å². The summed E-state index contributed by atoms with van der Waals surface area (Å²) in [5.41, 5.74) is 2.64. The molecule has 0 saturated carbocycles. The lowest BCUT2D eigenvalue weighted by atomic mass is 10.00. The number of nitrogens with one attached hydrogen (secondary N) is 1. The van der Waals surface area contributed by atoms with Crippen molar-refractivity contribution in [2.75, 3.05) is 45.6 Å². The van der Waals surface area contributed by atoms with Crippen molar-refractivity contribution in [1.29, 1.82) is 0 Å². The second kappa shape index (κ2) is 7.82. The quantitative estimate of drug-likeness (QED) is 0.781. The van der Waals surface area contributed by atoms with Crippen molar-refractivity contribution in [2.45, 2.75) is 19.1 Å². The van der Waals surface area contributed by atoms with Crippen LogP contribution in [0.15, 0.2) is 24.3 Å². The van der Waals surface area contributed by atoms with E-state index in [-0.39, 0.29) is 18.6 Å². The van der Waals surface area contributed by atoms with Crippen LogP contribution >= 0.6 is 0 Å². The van der Waals surface area contributed by atoms with E-state index in [0.717, 1.165) is 19.5 Å². The van der Waals surface area contributed by atoms with Gasteiger partial charge in [-0.15, -0.1) is 0 Å². The fourth-order valence-electron chi connectivity index (χ4n) is 3.29. The molecular weight excluding hydrogens is 342 g/mol. The summed E-state index contributed by atoms with van der Waals surface area (Å²) in [6.45, 7) is 3.34. The van der Waals surface area contributed by atoms with Crippen LogP contribution in [-0.2, 0) is 32.5 Å². The molecule has 1 atom stereocenters. The second-order valence-electron chi connectivity index (χ2n) is 6.65. The van der Waals surface area contributed by atoms with E-state index in [1.807, 2.05) is 12.1 Å². The minimum Gasteiger partial charge on any atom is -0.374 e. The third-order valence-electron chi connectivity index (χ3n) is 4.67. The maximum Gasteiger partial charge on any atom is 0.234 e. The Morgan fingerprint density at radius 2 is 2.04 bits per heavy atom. The maximum atomic E-state index is 12.2. The molecule has 1 fully saturated rings. The van der Waals surface area contributed by atoms with Gasteiger partial charge in [0.25, 0.3) is 0 Å². The summed E-state index contributed by atoms with van der Waals surface area (Å²) in [6.07, 6.45) is 1.86. The van der Waals surface area contributed by atoms with Crippen molar-refractivity contribution in [3.05, 3.63) is 35.4 Å². The molecule has 2 heterocycles. The lowest BCUT2D eigenvalue weighted by molar-refractivity contribution is -0.123. The van der Waals surface area contributed by atoms with Crippen molar-refractivity contribution in [1.82, 2.24) is 14.5 Å². The average molecular weight is 367 g/mol. The van der Waals surface area contributed by atoms with Crippen LogP contribution in [0, 0.1) is 0 Å². The van der Waals surface area contributed by atoms with Gasteiger partial charge in [-0.1, -0.05) is 24.3 Å². The second-order valence-corrected chi connectivity index (χ2v) is 8.63. The SMILES string of the molecule is CS(=O)(=O)N1CCO[C@H](CNC(=O)CN2CCc3ccccc3C2)C1. The number of hydrogen-bond acceptors (Lipinski definition) is 5. The van der Waals surface area contributed by atoms with Gasteiger partial charge in [0, 0.05) is 32.7 Å². The minimum absolute atomic E-state index is 0.0561. The van der Waals surface area contributed by atoms with E-state index in [2.05, 4.69) is 22.3 Å². The third-order valence-corrected chi connectivity index (χ3v) is 5.94. The van der Waals surface area contributed by atoms with E-state index >= 15 is 0 Å². The summed E-state index contributed by atoms with van der Waals surface area (Å²) in [5, 5.41) is 2.87. The van der Waals surface area contributed by atoms with Crippen molar-refractivity contribution in [3.63, 3.8) is 0 Å². The number of rotatable bonds is 5. The number of ether oxygens (including phenoxy) is 1. The lowest BCUT2D eigenvalue weighted by Gasteiger charge is -2.32. The standard InChI is InChI=1S/C17H25N3O4S/c1-25(22,23)20-8-9-24-16(12-20)10-18-17(21)13-19-7-6-14-4-2-3-5-15(14)11-19/h2-5,16H,6-13H2,1H3,(H,18,21)/t16-/m1/s1. The Kier molecular flexibility index (Phi) is 5.73. The predicted octanol–water partition coefficient (Wildman–Crippen LogP) is -0.179. The number of morpholine rings is 1. The van der Waals surface area contributed by atoms with E-state index in [9.17, 15) is 13.2 Å². The van der Waals surface area contributed by atoms with E-state index in [1.165, 1.54) is 21.7 Å². The van der Waals surface area contributed by atoms with Gasteiger partial charge in [0.15, 0.2) is 0 Å². The maximum absolute atomic E-state index is 12.2. The van der Waals surface area contributed by atoms with E-state index in [4.69, 9.17) is 4.74 Å². The largest absolute Gasteiger partial charge is 0.374 e. The van der Waals surface area contributed by atoms with Gasteiger partial charge < -0.3 is 10.1 Å². The molecule has 0 bridgehead atoms. The van der Waals surface area contributed by atoms with Crippen molar-refractivity contribution >= 4 is 15.9 Å². The number of carbonyl (C=O) groups excluding carboxylic acids is 1. The van der Waals surface area contributed by atoms with Gasteiger partial charge in [-0.3, -0.25) is 9.69 Å². The number of carbonyl (C=O) groups is 1. The summed E-state index contributed by atoms with van der Waals surface area (Å²) in [5.74, 6) is -0.0561. The molecule has 0 radical (unpaired) electrons. The van der Waals surface area contributed by atoms with Crippen molar-refractivity contribution in [3.8, 4) is 0 Å². The van der Waals surface area contributed by atoms with Gasteiger partial charge >= 0.3 is 0 Å². The van der Waals surface area contributed by atoms with E-state index < -0.39 is 10.0 Å². The summed E-state index contributed by atoms with van der Waals surface area (Å²) in [4.78, 5) is 14.3. The Labute approximate surface area is 149 Å². The molecule has 0 aliphatic carbocycles. The Balaban J connectivity index is 1.44. The molecule has 138 valence electrons. The molecule has 0 unspecified atom stereocenters. The molecule has 0 spiro atoms. The summed E-state index contributed by atoms with van der Waals surface area (Å²) in [6, 6.07) is 8.32. The first-order valence-corrected chi connectivity index (χ1v) is 10.4. The smallest absolute Gasteiger partial charge is 0.234 e. The molecule has 2 aliphatic rings. The molecule has 25 heavy (non-hydrogen) atoms. The zero-order valence-corrected chi connectivity index (χ0v) is 15.3. The number of fused-ring (bicyclic) bond motifs is 1. The molecule has 1 aromatic carbocycles. The topological polar surface area (TPSA) is 79.0 Å². The zero-order chi connectivity index (χ0) is 17.9. The van der Waals surface area contributed by atoms with Crippen LogP contribution in [0.4, 0.5) is 0 Å². The zero-order valence-electron chi connectivity index (χ0n) is 14.5. The number of nitrogens with zero attached hydrogens (tertiary/aromatic N) is 2. The first kappa shape index (κ1) is 18.3. The summed E-state index contributed by atoms with van der Waals surface area (Å²) >= 11 is 0. The molecular formula is C17H25N3O4S. The Hall–Kier alpha value is -1.48. The van der Waals surface area contributed by atoms with Crippen LogP contribution in [0.3, 0.4) is 0 Å². The molecule has 1 aromatic rings. The van der Waals surface area contributed by atoms with Crippen LogP contribution in [-0.4, -0.2) is 75.2 Å². The predicted molar refractivity (Wildman–Crippen MR) is 94.6 cm³/mol. The molecule has 3 rings (SSSR count). The Bertz CT molecular complexity index is 722. The number of benzene rings is 1. The molecule has 1 saturated heterocycles. The van der Waals surface area contributed by atoms with Gasteiger partial charge in [0.05, 0.1) is 25.5 Å². The van der Waals surface area contributed by atoms with Gasteiger partial charge in [-0.2, -0.15) is 4.31 Å².